The Morgan fingerprint density at radius 2 is 2.07 bits per heavy atom. The van der Waals surface area contributed by atoms with E-state index in [4.69, 9.17) is 20.8 Å². The normalized spacial score (nSPS) is 11.1. The van der Waals surface area contributed by atoms with Crippen LogP contribution in [0.3, 0.4) is 0 Å². The minimum atomic E-state index is -0.661. The van der Waals surface area contributed by atoms with Gasteiger partial charge in [-0.3, -0.25) is 10.1 Å². The summed E-state index contributed by atoms with van der Waals surface area (Å²) in [6.45, 7) is 1.63. The lowest BCUT2D eigenvalue weighted by atomic mass is 10.1. The van der Waals surface area contributed by atoms with Crippen LogP contribution >= 0.6 is 11.6 Å². The number of carbonyl (C=O) groups excluding carboxylic acids is 1. The van der Waals surface area contributed by atoms with Gasteiger partial charge in [0, 0.05) is 40.2 Å². The minimum absolute atomic E-state index is 0.0785. The monoisotopic (exact) mass is 399 g/mol. The van der Waals surface area contributed by atoms with Crippen LogP contribution in [0.2, 0.25) is 5.02 Å². The molecule has 7 nitrogen and oxygen atoms in total. The standard InChI is InChI=1S/C20H14ClNO6/c1-12-7-18-16(10-17(12)21)14(9-20(24)28-18)11-27-19(23)6-5-13-3-2-4-15(8-13)22(25)26/h2-10H,11H2,1H3/b6-5+. The molecular formula is C20H14ClNO6. The van der Waals surface area contributed by atoms with Gasteiger partial charge in [0.2, 0.25) is 0 Å². The number of fused-ring (bicyclic) bond motifs is 1. The molecule has 0 saturated heterocycles. The summed E-state index contributed by atoms with van der Waals surface area (Å²) in [4.78, 5) is 34.0. The summed E-state index contributed by atoms with van der Waals surface area (Å²) in [6, 6.07) is 10.4. The Morgan fingerprint density at radius 3 is 2.82 bits per heavy atom. The Hall–Kier alpha value is -3.45. The largest absolute Gasteiger partial charge is 0.458 e. The third-order valence-corrected chi connectivity index (χ3v) is 4.38. The van der Waals surface area contributed by atoms with E-state index >= 15 is 0 Å². The number of nitrogens with zero attached hydrogens (tertiary/aromatic N) is 1. The number of halogens is 1. The molecule has 0 aliphatic carbocycles. The van der Waals surface area contributed by atoms with E-state index in [2.05, 4.69) is 0 Å². The van der Waals surface area contributed by atoms with Gasteiger partial charge in [-0.15, -0.1) is 0 Å². The van der Waals surface area contributed by atoms with Crippen LogP contribution in [0.4, 0.5) is 5.69 Å². The van der Waals surface area contributed by atoms with Gasteiger partial charge in [0.1, 0.15) is 12.2 Å². The average Bonchev–Trinajstić information content (AvgIpc) is 2.66. The molecule has 0 N–H and O–H groups in total. The summed E-state index contributed by atoms with van der Waals surface area (Å²) in [5, 5.41) is 11.9. The van der Waals surface area contributed by atoms with Crippen molar-refractivity contribution in [2.24, 2.45) is 0 Å². The van der Waals surface area contributed by atoms with Crippen molar-refractivity contribution in [1.82, 2.24) is 0 Å². The summed E-state index contributed by atoms with van der Waals surface area (Å²) >= 11 is 6.13. The molecule has 1 heterocycles. The lowest BCUT2D eigenvalue weighted by Gasteiger charge is -2.07. The van der Waals surface area contributed by atoms with E-state index in [0.717, 1.165) is 11.6 Å². The van der Waals surface area contributed by atoms with Gasteiger partial charge in [-0.05, 0) is 36.3 Å². The molecule has 142 valence electrons. The van der Waals surface area contributed by atoms with Crippen LogP contribution in [-0.2, 0) is 16.1 Å². The first kappa shape index (κ1) is 19.3. The number of carbonyl (C=O) groups is 1. The van der Waals surface area contributed by atoms with Crippen molar-refractivity contribution in [3.63, 3.8) is 0 Å². The quantitative estimate of drug-likeness (QED) is 0.207. The van der Waals surface area contributed by atoms with Crippen LogP contribution in [-0.4, -0.2) is 10.9 Å². The van der Waals surface area contributed by atoms with E-state index in [1.165, 1.54) is 30.3 Å². The zero-order valence-electron chi connectivity index (χ0n) is 14.7. The predicted octanol–water partition coefficient (Wildman–Crippen LogP) is 4.42. The van der Waals surface area contributed by atoms with Gasteiger partial charge in [0.15, 0.2) is 0 Å². The molecule has 8 heteroatoms. The number of rotatable bonds is 5. The number of hydrogen-bond donors (Lipinski definition) is 0. The van der Waals surface area contributed by atoms with Crippen molar-refractivity contribution in [1.29, 1.82) is 0 Å². The topological polar surface area (TPSA) is 99.7 Å². The third-order valence-electron chi connectivity index (χ3n) is 3.97. The molecule has 0 unspecified atom stereocenters. The van der Waals surface area contributed by atoms with Crippen LogP contribution in [0.5, 0.6) is 0 Å². The van der Waals surface area contributed by atoms with Crippen molar-refractivity contribution in [3.05, 3.63) is 90.8 Å². The van der Waals surface area contributed by atoms with Gasteiger partial charge in [-0.25, -0.2) is 9.59 Å². The molecule has 0 saturated carbocycles. The van der Waals surface area contributed by atoms with E-state index in [0.29, 0.717) is 27.1 Å². The zero-order valence-corrected chi connectivity index (χ0v) is 15.4. The third kappa shape index (κ3) is 4.44. The minimum Gasteiger partial charge on any atom is -0.458 e. The molecule has 2 aromatic carbocycles. The average molecular weight is 400 g/mol. The number of aryl methyl sites for hydroxylation is 1. The molecule has 0 atom stereocenters. The smallest absolute Gasteiger partial charge is 0.336 e. The Bertz CT molecular complexity index is 1170. The van der Waals surface area contributed by atoms with Gasteiger partial charge in [0.25, 0.3) is 5.69 Å². The molecule has 0 spiro atoms. The molecule has 0 radical (unpaired) electrons. The fourth-order valence-electron chi connectivity index (χ4n) is 2.57. The molecular weight excluding hydrogens is 386 g/mol. The molecule has 0 fully saturated rings. The fourth-order valence-corrected chi connectivity index (χ4v) is 2.73. The molecule has 0 bridgehead atoms. The second-order valence-corrected chi connectivity index (χ2v) is 6.39. The summed E-state index contributed by atoms with van der Waals surface area (Å²) in [5.41, 5.74) is 1.42. The summed E-state index contributed by atoms with van der Waals surface area (Å²) in [6.07, 6.45) is 2.57. The lowest BCUT2D eigenvalue weighted by Crippen LogP contribution is -2.06. The molecule has 3 aromatic rings. The van der Waals surface area contributed by atoms with Crippen LogP contribution in [0.15, 0.2) is 57.8 Å². The number of nitro benzene ring substituents is 1. The van der Waals surface area contributed by atoms with Crippen molar-refractivity contribution >= 4 is 40.3 Å². The first-order valence-electron chi connectivity index (χ1n) is 8.15. The Morgan fingerprint density at radius 1 is 1.29 bits per heavy atom. The highest BCUT2D eigenvalue weighted by molar-refractivity contribution is 6.32. The number of benzene rings is 2. The Kier molecular flexibility index (Phi) is 5.56. The molecule has 28 heavy (non-hydrogen) atoms. The van der Waals surface area contributed by atoms with Crippen molar-refractivity contribution in [3.8, 4) is 0 Å². The maximum atomic E-state index is 12.0. The Balaban J connectivity index is 1.76. The molecule has 0 aliphatic heterocycles. The van der Waals surface area contributed by atoms with E-state index in [1.807, 2.05) is 0 Å². The first-order chi connectivity index (χ1) is 13.3. The number of non-ortho nitro benzene ring substituents is 1. The summed E-state index contributed by atoms with van der Waals surface area (Å²) < 4.78 is 10.3. The van der Waals surface area contributed by atoms with E-state index in [9.17, 15) is 19.7 Å². The number of esters is 1. The summed E-state index contributed by atoms with van der Waals surface area (Å²) in [7, 11) is 0. The van der Waals surface area contributed by atoms with Crippen LogP contribution in [0.25, 0.3) is 17.0 Å². The lowest BCUT2D eigenvalue weighted by molar-refractivity contribution is -0.384. The van der Waals surface area contributed by atoms with Gasteiger partial charge >= 0.3 is 11.6 Å². The van der Waals surface area contributed by atoms with E-state index < -0.39 is 16.5 Å². The van der Waals surface area contributed by atoms with Gasteiger partial charge in [-0.2, -0.15) is 0 Å². The molecule has 0 amide bonds. The number of hydrogen-bond acceptors (Lipinski definition) is 6. The second-order valence-electron chi connectivity index (χ2n) is 5.98. The van der Waals surface area contributed by atoms with Gasteiger partial charge < -0.3 is 9.15 Å². The molecule has 1 aromatic heterocycles. The SMILES string of the molecule is Cc1cc2oc(=O)cc(COC(=O)/C=C/c3cccc([N+](=O)[O-])c3)c2cc1Cl. The number of nitro groups is 1. The van der Waals surface area contributed by atoms with Crippen LogP contribution in [0.1, 0.15) is 16.7 Å². The van der Waals surface area contributed by atoms with Crippen LogP contribution < -0.4 is 5.63 Å². The van der Waals surface area contributed by atoms with Gasteiger partial charge in [-0.1, -0.05) is 23.7 Å². The zero-order chi connectivity index (χ0) is 20.3. The van der Waals surface area contributed by atoms with Crippen molar-refractivity contribution in [2.75, 3.05) is 0 Å². The molecule has 0 aliphatic rings. The van der Waals surface area contributed by atoms with E-state index in [1.54, 1.807) is 25.1 Å². The van der Waals surface area contributed by atoms with Crippen molar-refractivity contribution < 1.29 is 18.9 Å². The van der Waals surface area contributed by atoms with E-state index in [-0.39, 0.29) is 12.3 Å². The first-order valence-corrected chi connectivity index (χ1v) is 8.53. The highest BCUT2D eigenvalue weighted by Crippen LogP contribution is 2.25. The number of ether oxygens (including phenoxy) is 1. The summed E-state index contributed by atoms with van der Waals surface area (Å²) in [5.74, 6) is -0.661. The fraction of sp³-hybridized carbons (Fsp3) is 0.100. The highest BCUT2D eigenvalue weighted by atomic mass is 35.5. The maximum Gasteiger partial charge on any atom is 0.336 e. The van der Waals surface area contributed by atoms with Gasteiger partial charge in [0.05, 0.1) is 4.92 Å². The Labute approximate surface area is 164 Å². The van der Waals surface area contributed by atoms with Crippen molar-refractivity contribution in [2.45, 2.75) is 13.5 Å². The highest BCUT2D eigenvalue weighted by Gasteiger charge is 2.10. The maximum absolute atomic E-state index is 12.0. The van der Waals surface area contributed by atoms with Crippen LogP contribution in [0, 0.1) is 17.0 Å². The predicted molar refractivity (Wildman–Crippen MR) is 104 cm³/mol. The second kappa shape index (κ2) is 8.06. The molecule has 3 rings (SSSR count).